The van der Waals surface area contributed by atoms with Gasteiger partial charge < -0.3 is 10.0 Å². The summed E-state index contributed by atoms with van der Waals surface area (Å²) in [6.45, 7) is 2.24. The number of hydrogen-bond donors (Lipinski definition) is 1. The van der Waals surface area contributed by atoms with Crippen LogP contribution in [0.5, 0.6) is 0 Å². The Morgan fingerprint density at radius 2 is 2.31 bits per heavy atom. The molecule has 0 saturated carbocycles. The number of rotatable bonds is 3. The summed E-state index contributed by atoms with van der Waals surface area (Å²) < 4.78 is 13.1. The zero-order chi connectivity index (χ0) is 9.80. The van der Waals surface area contributed by atoms with Crippen LogP contribution in [0.25, 0.3) is 0 Å². The Morgan fingerprint density at radius 3 is 3.00 bits per heavy atom. The van der Waals surface area contributed by atoms with Gasteiger partial charge in [0, 0.05) is 6.54 Å². The molecule has 1 aliphatic heterocycles. The Labute approximate surface area is 80.4 Å². The molecule has 2 heteroatoms. The van der Waals surface area contributed by atoms with E-state index in [4.69, 9.17) is 6.15 Å². The summed E-state index contributed by atoms with van der Waals surface area (Å²) in [4.78, 5) is 0. The molecule has 0 bridgehead atoms. The van der Waals surface area contributed by atoms with Crippen molar-refractivity contribution >= 4 is 0 Å². The van der Waals surface area contributed by atoms with E-state index >= 15 is 0 Å². The van der Waals surface area contributed by atoms with Gasteiger partial charge in [-0.05, 0) is 18.5 Å². The van der Waals surface area contributed by atoms with E-state index in [-0.39, 0.29) is 6.10 Å². The van der Waals surface area contributed by atoms with Crippen LogP contribution in [-0.2, 0) is 11.3 Å². The summed E-state index contributed by atoms with van der Waals surface area (Å²) in [5.74, 6) is 0. The van der Waals surface area contributed by atoms with Crippen molar-refractivity contribution in [1.82, 2.24) is 5.31 Å². The fraction of sp³-hybridized carbons (Fsp3) is 0.455. The lowest BCUT2D eigenvalue weighted by Crippen LogP contribution is -2.16. The molecule has 0 aromatic heterocycles. The molecule has 1 aromatic carbocycles. The highest BCUT2D eigenvalue weighted by molar-refractivity contribution is 5.13. The van der Waals surface area contributed by atoms with Crippen LogP contribution < -0.4 is 5.31 Å². The van der Waals surface area contributed by atoms with Crippen molar-refractivity contribution in [1.29, 1.82) is 0 Å². The molecule has 0 unspecified atom stereocenters. The Kier molecular flexibility index (Phi) is 2.55. The maximum absolute atomic E-state index is 7.40. The van der Waals surface area contributed by atoms with Crippen LogP contribution in [0.3, 0.4) is 0 Å². The van der Waals surface area contributed by atoms with Crippen LogP contribution in [-0.4, -0.2) is 19.2 Å². The van der Waals surface area contributed by atoms with E-state index in [0.717, 1.165) is 19.5 Å². The molecule has 1 saturated heterocycles. The minimum Gasteiger partial charge on any atom is -0.372 e. The van der Waals surface area contributed by atoms with E-state index in [9.17, 15) is 0 Å². The van der Waals surface area contributed by atoms with Gasteiger partial charge >= 0.3 is 0 Å². The molecule has 0 amide bonds. The SMILES string of the molecule is [2H]N1CC[C@H](OCc2ccccc2)C1. The van der Waals surface area contributed by atoms with Crippen molar-refractivity contribution in [3.8, 4) is 0 Å². The Bertz CT molecular complexity index is 278. The van der Waals surface area contributed by atoms with Gasteiger partial charge in [-0.2, -0.15) is 0 Å². The molecule has 1 fully saturated rings. The van der Waals surface area contributed by atoms with E-state index in [1.165, 1.54) is 5.56 Å². The summed E-state index contributed by atoms with van der Waals surface area (Å²) in [5, 5.41) is 1.57. The van der Waals surface area contributed by atoms with Crippen molar-refractivity contribution in [3.05, 3.63) is 35.9 Å². The lowest BCUT2D eigenvalue weighted by atomic mass is 10.2. The normalized spacial score (nSPS) is 24.6. The number of benzene rings is 1. The van der Waals surface area contributed by atoms with Gasteiger partial charge in [0.1, 0.15) is 1.41 Å². The average Bonchev–Trinajstić information content (AvgIpc) is 2.63. The summed E-state index contributed by atoms with van der Waals surface area (Å²) in [6.07, 6.45) is 1.23. The first-order valence-corrected chi connectivity index (χ1v) is 4.74. The predicted molar refractivity (Wildman–Crippen MR) is 52.5 cm³/mol. The molecule has 13 heavy (non-hydrogen) atoms. The van der Waals surface area contributed by atoms with E-state index < -0.39 is 0 Å². The second-order valence-electron chi connectivity index (χ2n) is 3.34. The smallest absolute Gasteiger partial charge is 0.122 e. The van der Waals surface area contributed by atoms with Gasteiger partial charge in [0.2, 0.25) is 0 Å². The molecule has 1 N–H and O–H groups in total. The zero-order valence-electron chi connectivity index (χ0n) is 8.65. The lowest BCUT2D eigenvalue weighted by Gasteiger charge is -2.09. The van der Waals surface area contributed by atoms with Gasteiger partial charge in [0.15, 0.2) is 0 Å². The second-order valence-corrected chi connectivity index (χ2v) is 3.34. The standard InChI is InChI=1S/C11H15NO/c1-2-4-10(5-3-1)9-13-11-6-7-12-8-11/h1-5,11-12H,6-9H2/t11-/m0/s1/i/hD. The topological polar surface area (TPSA) is 21.3 Å². The molecule has 0 radical (unpaired) electrons. The van der Waals surface area contributed by atoms with E-state index in [1.807, 2.05) is 18.2 Å². The van der Waals surface area contributed by atoms with Crippen molar-refractivity contribution < 1.29 is 6.15 Å². The first-order chi connectivity index (χ1) is 6.84. The van der Waals surface area contributed by atoms with Gasteiger partial charge in [0.25, 0.3) is 0 Å². The third-order valence-electron chi connectivity index (χ3n) is 2.27. The van der Waals surface area contributed by atoms with Crippen LogP contribution >= 0.6 is 0 Å². The molecule has 1 aliphatic rings. The van der Waals surface area contributed by atoms with Crippen molar-refractivity contribution in [3.63, 3.8) is 0 Å². The quantitative estimate of drug-likeness (QED) is 0.758. The maximum atomic E-state index is 7.40. The highest BCUT2D eigenvalue weighted by Crippen LogP contribution is 2.07. The summed E-state index contributed by atoms with van der Waals surface area (Å²) in [6, 6.07) is 10.2. The Balaban J connectivity index is 1.78. The summed E-state index contributed by atoms with van der Waals surface area (Å²) >= 11 is 0. The molecule has 1 atom stereocenters. The number of nitrogens with one attached hydrogen (secondary N) is 1. The monoisotopic (exact) mass is 178 g/mol. The van der Waals surface area contributed by atoms with Crippen molar-refractivity contribution in [2.45, 2.75) is 19.1 Å². The largest absolute Gasteiger partial charge is 0.372 e. The Morgan fingerprint density at radius 1 is 1.46 bits per heavy atom. The van der Waals surface area contributed by atoms with Gasteiger partial charge in [-0.15, -0.1) is 0 Å². The lowest BCUT2D eigenvalue weighted by molar-refractivity contribution is 0.0542. The minimum absolute atomic E-state index is 0.243. The predicted octanol–water partition coefficient (Wildman–Crippen LogP) is 1.57. The van der Waals surface area contributed by atoms with Crippen molar-refractivity contribution in [2.24, 2.45) is 0 Å². The fourth-order valence-electron chi connectivity index (χ4n) is 1.49. The first kappa shape index (κ1) is 7.54. The van der Waals surface area contributed by atoms with Gasteiger partial charge in [-0.25, -0.2) is 0 Å². The highest BCUT2D eigenvalue weighted by atomic mass is 16.5. The number of hydrogen-bond acceptors (Lipinski definition) is 2. The van der Waals surface area contributed by atoms with Gasteiger partial charge in [-0.1, -0.05) is 30.3 Å². The van der Waals surface area contributed by atoms with Crippen LogP contribution in [0.2, 0.25) is 1.41 Å². The van der Waals surface area contributed by atoms with E-state index in [2.05, 4.69) is 12.1 Å². The molecular formula is C11H15NO. The van der Waals surface area contributed by atoms with Crippen molar-refractivity contribution in [2.75, 3.05) is 13.1 Å². The van der Waals surface area contributed by atoms with Crippen LogP contribution in [0.1, 0.15) is 12.0 Å². The van der Waals surface area contributed by atoms with Gasteiger partial charge in [0.05, 0.1) is 12.7 Å². The average molecular weight is 178 g/mol. The van der Waals surface area contributed by atoms with Crippen LogP contribution in [0.4, 0.5) is 0 Å². The minimum atomic E-state index is 0.243. The molecule has 0 spiro atoms. The maximum Gasteiger partial charge on any atom is 0.122 e. The molecule has 2 nitrogen and oxygen atoms in total. The molecule has 1 aromatic rings. The molecule has 0 aliphatic carbocycles. The Hall–Kier alpha value is -0.860. The molecule has 70 valence electrons. The fourth-order valence-corrected chi connectivity index (χ4v) is 1.49. The van der Waals surface area contributed by atoms with E-state index in [1.54, 1.807) is 5.31 Å². The summed E-state index contributed by atoms with van der Waals surface area (Å²) in [7, 11) is 0. The van der Waals surface area contributed by atoms with Crippen LogP contribution in [0, 0.1) is 0 Å². The second kappa shape index (κ2) is 4.40. The molecular weight excluding hydrogens is 162 g/mol. The zero-order valence-corrected chi connectivity index (χ0v) is 7.65. The highest BCUT2D eigenvalue weighted by Gasteiger charge is 2.13. The van der Waals surface area contributed by atoms with E-state index in [0.29, 0.717) is 6.61 Å². The first-order valence-electron chi connectivity index (χ1n) is 5.18. The molecule has 2 rings (SSSR count). The third kappa shape index (κ3) is 2.54. The summed E-state index contributed by atoms with van der Waals surface area (Å²) in [5.41, 5.74) is 1.20. The van der Waals surface area contributed by atoms with Gasteiger partial charge in [-0.3, -0.25) is 0 Å². The molecule has 1 heterocycles. The third-order valence-corrected chi connectivity index (χ3v) is 2.27. The number of ether oxygens (including phenoxy) is 1. The van der Waals surface area contributed by atoms with Crippen LogP contribution in [0.15, 0.2) is 30.3 Å².